The fraction of sp³-hybridized carbons (Fsp3) is 0.190. The second kappa shape index (κ2) is 6.89. The Morgan fingerprint density at radius 3 is 2.85 bits per heavy atom. The number of halogens is 1. The summed E-state index contributed by atoms with van der Waals surface area (Å²) in [4.78, 5) is 16.6. The van der Waals surface area contributed by atoms with Crippen LogP contribution in [-0.2, 0) is 4.79 Å². The van der Waals surface area contributed by atoms with Crippen LogP contribution in [0.15, 0.2) is 59.7 Å². The molecule has 1 saturated carbocycles. The van der Waals surface area contributed by atoms with Crippen molar-refractivity contribution in [3.63, 3.8) is 0 Å². The average molecular weight is 364 g/mol. The third-order valence-corrected chi connectivity index (χ3v) is 4.99. The number of aryl methyl sites for hydroxylation is 1. The van der Waals surface area contributed by atoms with Crippen molar-refractivity contribution in [2.24, 2.45) is 11.0 Å². The van der Waals surface area contributed by atoms with Crippen LogP contribution in [-0.4, -0.2) is 17.1 Å². The molecule has 1 aromatic heterocycles. The van der Waals surface area contributed by atoms with E-state index in [1.165, 1.54) is 5.56 Å². The monoisotopic (exact) mass is 363 g/mol. The topological polar surface area (TPSA) is 54.4 Å². The van der Waals surface area contributed by atoms with E-state index in [1.54, 1.807) is 6.21 Å². The summed E-state index contributed by atoms with van der Waals surface area (Å²) in [7, 11) is 0. The second-order valence-electron chi connectivity index (χ2n) is 6.66. The van der Waals surface area contributed by atoms with Gasteiger partial charge in [-0.15, -0.1) is 0 Å². The van der Waals surface area contributed by atoms with Gasteiger partial charge in [-0.1, -0.05) is 53.6 Å². The van der Waals surface area contributed by atoms with Gasteiger partial charge in [0.25, 0.3) is 0 Å². The number of hydrazone groups is 1. The number of amides is 1. The van der Waals surface area contributed by atoms with E-state index < -0.39 is 0 Å². The summed E-state index contributed by atoms with van der Waals surface area (Å²) in [5.41, 5.74) is 6.50. The maximum absolute atomic E-state index is 12.2. The lowest BCUT2D eigenvalue weighted by atomic mass is 10.1. The molecule has 0 radical (unpaired) electrons. The van der Waals surface area contributed by atoms with Gasteiger partial charge in [-0.05, 0) is 43.0 Å². The predicted molar refractivity (Wildman–Crippen MR) is 105 cm³/mol. The Labute approximate surface area is 156 Å². The molecule has 0 aliphatic heterocycles. The maximum atomic E-state index is 12.2. The molecule has 1 aliphatic carbocycles. The molecular formula is C21H18ClN3O. The SMILES string of the molecule is Cc1ccc2nc(Cl)c(/C=N\NC(=O)[C@H]3C[C@@H]3c3ccccc3)cc2c1. The van der Waals surface area contributed by atoms with E-state index in [9.17, 15) is 4.79 Å². The zero-order valence-corrected chi connectivity index (χ0v) is 15.1. The first-order chi connectivity index (χ1) is 12.6. The number of hydrogen-bond acceptors (Lipinski definition) is 3. The first kappa shape index (κ1) is 16.7. The zero-order valence-electron chi connectivity index (χ0n) is 14.3. The standard InChI is InChI=1S/C21H18ClN3O/c1-13-7-8-19-15(9-13)10-16(20(22)24-19)12-23-25-21(26)18-11-17(18)14-5-3-2-4-6-14/h2-10,12,17-18H,11H2,1H3,(H,25,26)/b23-12-/t17-,18+/m1/s1. The van der Waals surface area contributed by atoms with Crippen molar-refractivity contribution in [2.45, 2.75) is 19.3 Å². The Morgan fingerprint density at radius 1 is 1.23 bits per heavy atom. The van der Waals surface area contributed by atoms with Gasteiger partial charge in [0.05, 0.1) is 11.7 Å². The van der Waals surface area contributed by atoms with Crippen LogP contribution in [0.4, 0.5) is 0 Å². The van der Waals surface area contributed by atoms with Crippen LogP contribution in [0.5, 0.6) is 0 Å². The highest BCUT2D eigenvalue weighted by atomic mass is 35.5. The van der Waals surface area contributed by atoms with E-state index in [4.69, 9.17) is 11.6 Å². The minimum atomic E-state index is -0.0594. The molecule has 1 fully saturated rings. The molecule has 0 saturated heterocycles. The second-order valence-corrected chi connectivity index (χ2v) is 7.02. The van der Waals surface area contributed by atoms with Crippen LogP contribution in [0.1, 0.15) is 29.0 Å². The number of carbonyl (C=O) groups is 1. The largest absolute Gasteiger partial charge is 0.273 e. The van der Waals surface area contributed by atoms with Crippen molar-refractivity contribution in [3.8, 4) is 0 Å². The highest BCUT2D eigenvalue weighted by Gasteiger charge is 2.43. The number of fused-ring (bicyclic) bond motifs is 1. The van der Waals surface area contributed by atoms with Crippen molar-refractivity contribution < 1.29 is 4.79 Å². The van der Waals surface area contributed by atoms with E-state index in [0.29, 0.717) is 16.6 Å². The van der Waals surface area contributed by atoms with E-state index >= 15 is 0 Å². The van der Waals surface area contributed by atoms with E-state index in [2.05, 4.69) is 27.6 Å². The highest BCUT2D eigenvalue weighted by molar-refractivity contribution is 6.32. The van der Waals surface area contributed by atoms with Crippen molar-refractivity contribution in [3.05, 3.63) is 76.4 Å². The molecule has 4 rings (SSSR count). The van der Waals surface area contributed by atoms with Gasteiger partial charge in [0.15, 0.2) is 0 Å². The third kappa shape index (κ3) is 3.46. The summed E-state index contributed by atoms with van der Waals surface area (Å²) in [5, 5.41) is 5.43. The van der Waals surface area contributed by atoms with Crippen LogP contribution in [0.2, 0.25) is 5.15 Å². The Kier molecular flexibility index (Phi) is 4.43. The zero-order chi connectivity index (χ0) is 18.1. The summed E-state index contributed by atoms with van der Waals surface area (Å²) in [6, 6.07) is 18.0. The molecule has 130 valence electrons. The fourth-order valence-electron chi connectivity index (χ4n) is 3.18. The van der Waals surface area contributed by atoms with Gasteiger partial charge in [-0.2, -0.15) is 5.10 Å². The Morgan fingerprint density at radius 2 is 2.04 bits per heavy atom. The van der Waals surface area contributed by atoms with E-state index in [1.807, 2.05) is 49.4 Å². The number of pyridine rings is 1. The summed E-state index contributed by atoms with van der Waals surface area (Å²) < 4.78 is 0. The number of benzene rings is 2. The first-order valence-electron chi connectivity index (χ1n) is 8.56. The van der Waals surface area contributed by atoms with Gasteiger partial charge in [0.2, 0.25) is 5.91 Å². The van der Waals surface area contributed by atoms with Gasteiger partial charge in [-0.3, -0.25) is 4.79 Å². The highest BCUT2D eigenvalue weighted by Crippen LogP contribution is 2.47. The molecule has 2 atom stereocenters. The van der Waals surface area contributed by atoms with Gasteiger partial charge in [0.1, 0.15) is 5.15 Å². The van der Waals surface area contributed by atoms with E-state index in [-0.39, 0.29) is 11.8 Å². The van der Waals surface area contributed by atoms with Crippen LogP contribution in [0.3, 0.4) is 0 Å². The molecule has 3 aromatic rings. The maximum Gasteiger partial charge on any atom is 0.243 e. The van der Waals surface area contributed by atoms with Gasteiger partial charge in [-0.25, -0.2) is 10.4 Å². The molecule has 5 heteroatoms. The number of carbonyl (C=O) groups excluding carboxylic acids is 1. The molecule has 1 amide bonds. The first-order valence-corrected chi connectivity index (χ1v) is 8.94. The molecule has 0 bridgehead atoms. The normalized spacial score (nSPS) is 19.0. The quantitative estimate of drug-likeness (QED) is 0.423. The third-order valence-electron chi connectivity index (χ3n) is 4.68. The molecule has 1 N–H and O–H groups in total. The smallest absolute Gasteiger partial charge is 0.243 e. The van der Waals surface area contributed by atoms with Crippen molar-refractivity contribution in [1.29, 1.82) is 0 Å². The summed E-state index contributed by atoms with van der Waals surface area (Å²) in [6.45, 7) is 2.03. The van der Waals surface area contributed by atoms with E-state index in [0.717, 1.165) is 22.9 Å². The lowest BCUT2D eigenvalue weighted by Gasteiger charge is -2.03. The van der Waals surface area contributed by atoms with Gasteiger partial charge < -0.3 is 0 Å². The van der Waals surface area contributed by atoms with Gasteiger partial charge in [0, 0.05) is 16.9 Å². The molecule has 4 nitrogen and oxygen atoms in total. The van der Waals surface area contributed by atoms with Crippen LogP contribution in [0.25, 0.3) is 10.9 Å². The molecule has 0 spiro atoms. The number of hydrogen-bond donors (Lipinski definition) is 1. The lowest BCUT2D eigenvalue weighted by molar-refractivity contribution is -0.122. The Balaban J connectivity index is 1.43. The average Bonchev–Trinajstić information content (AvgIpc) is 3.44. The molecule has 1 aliphatic rings. The molecule has 1 heterocycles. The number of rotatable bonds is 4. The lowest BCUT2D eigenvalue weighted by Crippen LogP contribution is -2.20. The Bertz CT molecular complexity index is 1000. The van der Waals surface area contributed by atoms with Crippen molar-refractivity contribution >= 4 is 34.6 Å². The molecule has 2 aromatic carbocycles. The molecular weight excluding hydrogens is 346 g/mol. The summed E-state index contributed by atoms with van der Waals surface area (Å²) >= 11 is 6.22. The van der Waals surface area contributed by atoms with Crippen molar-refractivity contribution in [2.75, 3.05) is 0 Å². The van der Waals surface area contributed by atoms with Crippen molar-refractivity contribution in [1.82, 2.24) is 10.4 Å². The summed E-state index contributed by atoms with van der Waals surface area (Å²) in [6.07, 6.45) is 2.41. The fourth-order valence-corrected chi connectivity index (χ4v) is 3.38. The van der Waals surface area contributed by atoms with Crippen LogP contribution in [0, 0.1) is 12.8 Å². The van der Waals surface area contributed by atoms with Crippen LogP contribution >= 0.6 is 11.6 Å². The predicted octanol–water partition coefficient (Wildman–Crippen LogP) is 4.45. The summed E-state index contributed by atoms with van der Waals surface area (Å²) in [5.74, 6) is 0.221. The van der Waals surface area contributed by atoms with Gasteiger partial charge >= 0.3 is 0 Å². The van der Waals surface area contributed by atoms with Crippen LogP contribution < -0.4 is 5.43 Å². The number of aromatic nitrogens is 1. The minimum Gasteiger partial charge on any atom is -0.273 e. The number of nitrogens with one attached hydrogen (secondary N) is 1. The number of nitrogens with zero attached hydrogens (tertiary/aromatic N) is 2. The Hall–Kier alpha value is -2.72. The molecule has 26 heavy (non-hydrogen) atoms. The molecule has 0 unspecified atom stereocenters. The minimum absolute atomic E-state index is 0.0117.